The first-order chi connectivity index (χ1) is 12.5. The van der Waals surface area contributed by atoms with Crippen LogP contribution in [0.15, 0.2) is 12.1 Å². The number of hydrogen-bond acceptors (Lipinski definition) is 7. The second kappa shape index (κ2) is 12.9. The third kappa shape index (κ3) is 6.28. The Bertz CT molecular complexity index is 613. The first kappa shape index (κ1) is 26.6. The lowest BCUT2D eigenvalue weighted by Gasteiger charge is -2.36. The van der Waals surface area contributed by atoms with Gasteiger partial charge in [0, 0.05) is 45.4 Å². The van der Waals surface area contributed by atoms with Gasteiger partial charge in [-0.2, -0.15) is 0 Å². The summed E-state index contributed by atoms with van der Waals surface area (Å²) in [4.78, 5) is 16.3. The van der Waals surface area contributed by atoms with E-state index in [4.69, 9.17) is 24.7 Å². The Balaban J connectivity index is 0.00000364. The van der Waals surface area contributed by atoms with Crippen LogP contribution in [0.5, 0.6) is 17.2 Å². The first-order valence-corrected chi connectivity index (χ1v) is 8.59. The van der Waals surface area contributed by atoms with E-state index in [2.05, 4.69) is 4.90 Å². The number of nitrogens with zero attached hydrogens (tertiary/aromatic N) is 2. The molecule has 1 aliphatic rings. The molecule has 0 bridgehead atoms. The number of halogens is 2. The number of nitrogens with two attached hydrogens (primary N) is 1. The molecular weight excluding hydrogens is 409 g/mol. The Kier molecular flexibility index (Phi) is 12.2. The van der Waals surface area contributed by atoms with Crippen molar-refractivity contribution in [2.75, 3.05) is 61.2 Å². The Labute approximate surface area is 179 Å². The molecule has 1 aromatic rings. The molecule has 8 nitrogen and oxygen atoms in total. The fourth-order valence-corrected chi connectivity index (χ4v) is 3.14. The van der Waals surface area contributed by atoms with Crippen molar-refractivity contribution in [3.05, 3.63) is 17.7 Å². The minimum absolute atomic E-state index is 0. The summed E-state index contributed by atoms with van der Waals surface area (Å²) >= 11 is 0. The number of piperazine rings is 1. The van der Waals surface area contributed by atoms with Crippen LogP contribution in [-0.4, -0.2) is 83.0 Å². The lowest BCUT2D eigenvalue weighted by atomic mass is 10.1. The highest BCUT2D eigenvalue weighted by Crippen LogP contribution is 2.40. The largest absolute Gasteiger partial charge is 0.493 e. The SMILES string of the molecule is COCC(N)C(=O)N1CCN(Cc2ccc(OC)c(OC)c2OC)CC1.Cl.Cl. The van der Waals surface area contributed by atoms with Crippen LogP contribution in [0.2, 0.25) is 0 Å². The Morgan fingerprint density at radius 1 is 1.00 bits per heavy atom. The fraction of sp³-hybridized carbons (Fsp3) is 0.611. The van der Waals surface area contributed by atoms with Gasteiger partial charge >= 0.3 is 0 Å². The smallest absolute Gasteiger partial charge is 0.241 e. The maximum atomic E-state index is 12.3. The summed E-state index contributed by atoms with van der Waals surface area (Å²) in [5.41, 5.74) is 6.86. The highest BCUT2D eigenvalue weighted by Gasteiger charge is 2.26. The van der Waals surface area contributed by atoms with Crippen molar-refractivity contribution in [3.8, 4) is 17.2 Å². The zero-order valence-electron chi connectivity index (χ0n) is 16.8. The average Bonchev–Trinajstić information content (AvgIpc) is 2.67. The van der Waals surface area contributed by atoms with Gasteiger partial charge in [-0.15, -0.1) is 24.8 Å². The molecule has 1 amide bonds. The van der Waals surface area contributed by atoms with E-state index >= 15 is 0 Å². The van der Waals surface area contributed by atoms with Crippen LogP contribution in [0, 0.1) is 0 Å². The van der Waals surface area contributed by atoms with Gasteiger partial charge in [-0.1, -0.05) is 6.07 Å². The molecule has 1 unspecified atom stereocenters. The van der Waals surface area contributed by atoms with Gasteiger partial charge in [0.15, 0.2) is 11.5 Å². The van der Waals surface area contributed by atoms with Crippen molar-refractivity contribution in [3.63, 3.8) is 0 Å². The van der Waals surface area contributed by atoms with Gasteiger partial charge in [-0.3, -0.25) is 9.69 Å². The number of benzene rings is 1. The number of carbonyl (C=O) groups excluding carboxylic acids is 1. The molecule has 10 heteroatoms. The van der Waals surface area contributed by atoms with E-state index in [1.165, 1.54) is 0 Å². The van der Waals surface area contributed by atoms with E-state index in [-0.39, 0.29) is 37.3 Å². The molecule has 0 aliphatic carbocycles. The van der Waals surface area contributed by atoms with Crippen LogP contribution >= 0.6 is 24.8 Å². The summed E-state index contributed by atoms with van der Waals surface area (Å²) in [7, 11) is 6.36. The summed E-state index contributed by atoms with van der Waals surface area (Å²) < 4.78 is 21.3. The average molecular weight is 440 g/mol. The minimum atomic E-state index is -0.600. The molecule has 0 spiro atoms. The minimum Gasteiger partial charge on any atom is -0.493 e. The molecule has 28 heavy (non-hydrogen) atoms. The van der Waals surface area contributed by atoms with Crippen LogP contribution in [0.25, 0.3) is 0 Å². The molecule has 162 valence electrons. The third-order valence-electron chi connectivity index (χ3n) is 4.53. The normalized spacial score (nSPS) is 15.1. The van der Waals surface area contributed by atoms with Gasteiger partial charge in [-0.25, -0.2) is 0 Å². The summed E-state index contributed by atoms with van der Waals surface area (Å²) in [6.07, 6.45) is 0. The van der Waals surface area contributed by atoms with Crippen molar-refractivity contribution in [1.82, 2.24) is 9.80 Å². The van der Waals surface area contributed by atoms with Gasteiger partial charge in [0.25, 0.3) is 0 Å². The fourth-order valence-electron chi connectivity index (χ4n) is 3.14. The number of methoxy groups -OCH3 is 4. The second-order valence-corrected chi connectivity index (χ2v) is 6.16. The van der Waals surface area contributed by atoms with Crippen LogP contribution in [-0.2, 0) is 16.1 Å². The van der Waals surface area contributed by atoms with E-state index in [1.54, 1.807) is 33.3 Å². The molecule has 1 saturated heterocycles. The lowest BCUT2D eigenvalue weighted by molar-refractivity contribution is -0.135. The van der Waals surface area contributed by atoms with Crippen LogP contribution in [0.4, 0.5) is 0 Å². The second-order valence-electron chi connectivity index (χ2n) is 6.16. The van der Waals surface area contributed by atoms with E-state index in [0.717, 1.165) is 18.7 Å². The molecule has 1 heterocycles. The number of carbonyl (C=O) groups is 1. The van der Waals surface area contributed by atoms with Gasteiger partial charge in [-0.05, 0) is 6.07 Å². The molecule has 0 radical (unpaired) electrons. The highest BCUT2D eigenvalue weighted by molar-refractivity contribution is 5.85. The number of amides is 1. The molecule has 0 aromatic heterocycles. The van der Waals surface area contributed by atoms with E-state index in [1.807, 2.05) is 12.1 Å². The zero-order valence-corrected chi connectivity index (χ0v) is 18.4. The van der Waals surface area contributed by atoms with Gasteiger partial charge in [0.1, 0.15) is 6.04 Å². The third-order valence-corrected chi connectivity index (χ3v) is 4.53. The maximum absolute atomic E-state index is 12.3. The number of hydrogen-bond donors (Lipinski definition) is 1. The van der Waals surface area contributed by atoms with E-state index in [0.29, 0.717) is 36.9 Å². The van der Waals surface area contributed by atoms with Crippen molar-refractivity contribution < 1.29 is 23.7 Å². The first-order valence-electron chi connectivity index (χ1n) is 8.59. The molecule has 2 rings (SSSR count). The summed E-state index contributed by atoms with van der Waals surface area (Å²) in [5, 5.41) is 0. The number of rotatable bonds is 8. The Morgan fingerprint density at radius 3 is 2.11 bits per heavy atom. The molecule has 1 aromatic carbocycles. The highest BCUT2D eigenvalue weighted by atomic mass is 35.5. The Hall–Kier alpha value is -1.45. The summed E-state index contributed by atoms with van der Waals surface area (Å²) in [6.45, 7) is 3.77. The molecule has 0 saturated carbocycles. The standard InChI is InChI=1S/C18H29N3O5.2ClH/c1-23-12-14(19)18(22)21-9-7-20(8-10-21)11-13-5-6-15(24-2)17(26-4)16(13)25-3;;/h5-6,14H,7-12,19H2,1-4H3;2*1H. The predicted octanol–water partition coefficient (Wildman–Crippen LogP) is 1.17. The van der Waals surface area contributed by atoms with Gasteiger partial charge in [0.05, 0.1) is 27.9 Å². The summed E-state index contributed by atoms with van der Waals surface area (Å²) in [6, 6.07) is 3.25. The molecular formula is C18H31Cl2N3O5. The molecule has 2 N–H and O–H groups in total. The van der Waals surface area contributed by atoms with E-state index in [9.17, 15) is 4.79 Å². The van der Waals surface area contributed by atoms with Crippen molar-refractivity contribution in [2.24, 2.45) is 5.73 Å². The van der Waals surface area contributed by atoms with Gasteiger partial charge in [0.2, 0.25) is 11.7 Å². The zero-order chi connectivity index (χ0) is 19.1. The van der Waals surface area contributed by atoms with Crippen LogP contribution < -0.4 is 19.9 Å². The van der Waals surface area contributed by atoms with Crippen LogP contribution in [0.3, 0.4) is 0 Å². The Morgan fingerprint density at radius 2 is 1.61 bits per heavy atom. The monoisotopic (exact) mass is 439 g/mol. The quantitative estimate of drug-likeness (QED) is 0.650. The lowest BCUT2D eigenvalue weighted by Crippen LogP contribution is -2.53. The van der Waals surface area contributed by atoms with Crippen molar-refractivity contribution >= 4 is 30.7 Å². The molecule has 1 fully saturated rings. The predicted molar refractivity (Wildman–Crippen MR) is 112 cm³/mol. The summed E-state index contributed by atoms with van der Waals surface area (Å²) in [5.74, 6) is 1.84. The van der Waals surface area contributed by atoms with Crippen LogP contribution in [0.1, 0.15) is 5.56 Å². The molecule has 1 atom stereocenters. The molecule has 1 aliphatic heterocycles. The number of ether oxygens (including phenoxy) is 4. The van der Waals surface area contributed by atoms with E-state index < -0.39 is 6.04 Å². The topological polar surface area (TPSA) is 86.5 Å². The maximum Gasteiger partial charge on any atom is 0.241 e. The van der Waals surface area contributed by atoms with Crippen molar-refractivity contribution in [2.45, 2.75) is 12.6 Å². The van der Waals surface area contributed by atoms with Crippen molar-refractivity contribution in [1.29, 1.82) is 0 Å². The van der Waals surface area contributed by atoms with Gasteiger partial charge < -0.3 is 29.6 Å².